The monoisotopic (exact) mass is 301 g/mol. The first-order valence-electron chi connectivity index (χ1n) is 6.15. The predicted octanol–water partition coefficient (Wildman–Crippen LogP) is 1.68. The third-order valence-electron chi connectivity index (χ3n) is 3.47. The van der Waals surface area contributed by atoms with Crippen molar-refractivity contribution < 1.29 is 4.42 Å². The summed E-state index contributed by atoms with van der Waals surface area (Å²) in [4.78, 5) is 4.87. The molecule has 0 aliphatic carbocycles. The summed E-state index contributed by atoms with van der Waals surface area (Å²) in [5.41, 5.74) is 5.89. The first-order valence-corrected chi connectivity index (χ1v) is 6.95. The fourth-order valence-corrected chi connectivity index (χ4v) is 2.82. The highest BCUT2D eigenvalue weighted by molar-refractivity contribution is 9.10. The van der Waals surface area contributed by atoms with Gasteiger partial charge in [-0.05, 0) is 28.5 Å². The lowest BCUT2D eigenvalue weighted by Gasteiger charge is -2.37. The molecule has 2 rings (SSSR count). The maximum atomic E-state index is 5.89. The van der Waals surface area contributed by atoms with Crippen molar-refractivity contribution in [2.24, 2.45) is 5.73 Å². The van der Waals surface area contributed by atoms with Crippen LogP contribution in [-0.4, -0.2) is 49.1 Å². The van der Waals surface area contributed by atoms with Crippen LogP contribution in [0.5, 0.6) is 0 Å². The largest absolute Gasteiger partial charge is 0.466 e. The molecule has 4 nitrogen and oxygen atoms in total. The third kappa shape index (κ3) is 2.91. The van der Waals surface area contributed by atoms with Crippen molar-refractivity contribution >= 4 is 15.9 Å². The average Bonchev–Trinajstić information content (AvgIpc) is 2.78. The van der Waals surface area contributed by atoms with Crippen molar-refractivity contribution in [1.29, 1.82) is 0 Å². The number of hydrogen-bond donors (Lipinski definition) is 1. The van der Waals surface area contributed by atoms with Crippen LogP contribution in [0.2, 0.25) is 0 Å². The van der Waals surface area contributed by atoms with E-state index < -0.39 is 0 Å². The highest BCUT2D eigenvalue weighted by Gasteiger charge is 2.26. The average molecular weight is 302 g/mol. The smallest absolute Gasteiger partial charge is 0.136 e. The Morgan fingerprint density at radius 1 is 1.41 bits per heavy atom. The fourth-order valence-electron chi connectivity index (χ4n) is 2.36. The summed E-state index contributed by atoms with van der Waals surface area (Å²) in [5, 5.41) is 0. The van der Waals surface area contributed by atoms with Gasteiger partial charge in [0.2, 0.25) is 0 Å². The fraction of sp³-hybridized carbons (Fsp3) is 0.667. The maximum Gasteiger partial charge on any atom is 0.136 e. The Bertz CT molecular complexity index is 347. The third-order valence-corrected chi connectivity index (χ3v) is 4.12. The highest BCUT2D eigenvalue weighted by atomic mass is 79.9. The van der Waals surface area contributed by atoms with Crippen molar-refractivity contribution in [3.05, 3.63) is 22.6 Å². The van der Waals surface area contributed by atoms with Gasteiger partial charge in [0.1, 0.15) is 5.76 Å². The summed E-state index contributed by atoms with van der Waals surface area (Å²) in [6.07, 6.45) is 1.71. The minimum Gasteiger partial charge on any atom is -0.466 e. The van der Waals surface area contributed by atoms with E-state index in [9.17, 15) is 0 Å². The van der Waals surface area contributed by atoms with Crippen LogP contribution < -0.4 is 5.73 Å². The number of nitrogens with zero attached hydrogens (tertiary/aromatic N) is 2. The van der Waals surface area contributed by atoms with Gasteiger partial charge in [-0.3, -0.25) is 4.90 Å². The molecule has 1 aliphatic heterocycles. The zero-order valence-electron chi connectivity index (χ0n) is 10.2. The molecule has 0 radical (unpaired) electrons. The van der Waals surface area contributed by atoms with E-state index >= 15 is 0 Å². The van der Waals surface area contributed by atoms with Crippen LogP contribution in [0.25, 0.3) is 0 Å². The SMILES string of the molecule is CCN1CCN(C(CN)c2occc2Br)CC1. The van der Waals surface area contributed by atoms with Crippen molar-refractivity contribution in [2.75, 3.05) is 39.3 Å². The number of rotatable bonds is 4. The van der Waals surface area contributed by atoms with Gasteiger partial charge in [-0.1, -0.05) is 6.92 Å². The number of piperazine rings is 1. The van der Waals surface area contributed by atoms with Crippen molar-refractivity contribution in [3.63, 3.8) is 0 Å². The summed E-state index contributed by atoms with van der Waals surface area (Å²) in [7, 11) is 0. The summed E-state index contributed by atoms with van der Waals surface area (Å²) in [6.45, 7) is 8.28. The van der Waals surface area contributed by atoms with E-state index in [0.717, 1.165) is 43.0 Å². The Morgan fingerprint density at radius 3 is 2.59 bits per heavy atom. The molecule has 0 saturated carbocycles. The van der Waals surface area contributed by atoms with Crippen LogP contribution in [0, 0.1) is 0 Å². The zero-order chi connectivity index (χ0) is 12.3. The lowest BCUT2D eigenvalue weighted by Crippen LogP contribution is -2.48. The molecule has 96 valence electrons. The van der Waals surface area contributed by atoms with Crippen LogP contribution in [0.4, 0.5) is 0 Å². The molecule has 5 heteroatoms. The normalized spacial score (nSPS) is 20.6. The van der Waals surface area contributed by atoms with E-state index in [1.54, 1.807) is 6.26 Å². The molecule has 2 N–H and O–H groups in total. The molecule has 2 heterocycles. The second kappa shape index (κ2) is 6.00. The van der Waals surface area contributed by atoms with E-state index in [4.69, 9.17) is 10.2 Å². The van der Waals surface area contributed by atoms with Gasteiger partial charge in [0, 0.05) is 32.7 Å². The van der Waals surface area contributed by atoms with E-state index in [1.165, 1.54) is 0 Å². The number of likely N-dealkylation sites (N-methyl/N-ethyl adjacent to an activating group) is 1. The van der Waals surface area contributed by atoms with Gasteiger partial charge in [0.25, 0.3) is 0 Å². The van der Waals surface area contributed by atoms with Crippen LogP contribution in [0.1, 0.15) is 18.7 Å². The van der Waals surface area contributed by atoms with Gasteiger partial charge in [-0.15, -0.1) is 0 Å². The van der Waals surface area contributed by atoms with Gasteiger partial charge >= 0.3 is 0 Å². The zero-order valence-corrected chi connectivity index (χ0v) is 11.8. The second-order valence-electron chi connectivity index (χ2n) is 4.35. The number of nitrogens with two attached hydrogens (primary N) is 1. The molecule has 17 heavy (non-hydrogen) atoms. The van der Waals surface area contributed by atoms with Gasteiger partial charge in [-0.2, -0.15) is 0 Å². The predicted molar refractivity (Wildman–Crippen MR) is 71.9 cm³/mol. The summed E-state index contributed by atoms with van der Waals surface area (Å²) in [5.74, 6) is 0.956. The highest BCUT2D eigenvalue weighted by Crippen LogP contribution is 2.28. The van der Waals surface area contributed by atoms with E-state index in [0.29, 0.717) is 6.54 Å². The molecule has 0 aromatic carbocycles. The Kier molecular flexibility index (Phi) is 4.62. The second-order valence-corrected chi connectivity index (χ2v) is 5.21. The molecule has 1 aromatic rings. The molecule has 1 unspecified atom stereocenters. The standard InChI is InChI=1S/C12H20BrN3O/c1-2-15-4-6-16(7-5-15)11(9-14)12-10(13)3-8-17-12/h3,8,11H,2,4-7,9,14H2,1H3. The number of hydrogen-bond acceptors (Lipinski definition) is 4. The van der Waals surface area contributed by atoms with E-state index in [2.05, 4.69) is 32.7 Å². The quantitative estimate of drug-likeness (QED) is 0.919. The number of halogens is 1. The first-order chi connectivity index (χ1) is 8.26. The van der Waals surface area contributed by atoms with Gasteiger partial charge in [0.15, 0.2) is 0 Å². The molecule has 1 atom stereocenters. The molecular formula is C12H20BrN3O. The summed E-state index contributed by atoms with van der Waals surface area (Å²) >= 11 is 3.51. The maximum absolute atomic E-state index is 5.89. The molecule has 1 aliphatic rings. The molecule has 1 saturated heterocycles. The van der Waals surface area contributed by atoms with Crippen molar-refractivity contribution in [3.8, 4) is 0 Å². The van der Waals surface area contributed by atoms with Gasteiger partial charge in [0.05, 0.1) is 16.8 Å². The molecule has 0 bridgehead atoms. The molecule has 0 spiro atoms. The van der Waals surface area contributed by atoms with Gasteiger partial charge < -0.3 is 15.1 Å². The Hall–Kier alpha value is -0.360. The lowest BCUT2D eigenvalue weighted by atomic mass is 10.1. The molecule has 1 fully saturated rings. The summed E-state index contributed by atoms with van der Waals surface area (Å²) in [6, 6.07) is 2.12. The van der Waals surface area contributed by atoms with Crippen LogP contribution in [0.3, 0.4) is 0 Å². The summed E-state index contributed by atoms with van der Waals surface area (Å²) < 4.78 is 6.56. The number of furan rings is 1. The first kappa shape index (κ1) is 13.1. The Labute approximate surface area is 111 Å². The van der Waals surface area contributed by atoms with Gasteiger partial charge in [-0.25, -0.2) is 0 Å². The van der Waals surface area contributed by atoms with Crippen LogP contribution >= 0.6 is 15.9 Å². The minimum atomic E-state index is 0.193. The molecule has 0 amide bonds. The van der Waals surface area contributed by atoms with Crippen molar-refractivity contribution in [2.45, 2.75) is 13.0 Å². The topological polar surface area (TPSA) is 45.6 Å². The van der Waals surface area contributed by atoms with Crippen molar-refractivity contribution in [1.82, 2.24) is 9.80 Å². The minimum absolute atomic E-state index is 0.193. The Balaban J connectivity index is 2.03. The molecular weight excluding hydrogens is 282 g/mol. The van der Waals surface area contributed by atoms with Crippen LogP contribution in [-0.2, 0) is 0 Å². The lowest BCUT2D eigenvalue weighted by molar-refractivity contribution is 0.0922. The molecule has 1 aromatic heterocycles. The van der Waals surface area contributed by atoms with E-state index in [-0.39, 0.29) is 6.04 Å². The van der Waals surface area contributed by atoms with Crippen LogP contribution in [0.15, 0.2) is 21.2 Å². The Morgan fingerprint density at radius 2 is 2.12 bits per heavy atom. The van der Waals surface area contributed by atoms with E-state index in [1.807, 2.05) is 6.07 Å².